The minimum Gasteiger partial charge on any atom is -0.321 e. The summed E-state index contributed by atoms with van der Waals surface area (Å²) < 4.78 is 0.626. The molecule has 0 fully saturated rings. The predicted molar refractivity (Wildman–Crippen MR) is 86.6 cm³/mol. The Labute approximate surface area is 134 Å². The summed E-state index contributed by atoms with van der Waals surface area (Å²) in [6.45, 7) is 0. The molecule has 0 unspecified atom stereocenters. The summed E-state index contributed by atoms with van der Waals surface area (Å²) in [6, 6.07) is 10.9. The molecular weight excluding hydrogens is 354 g/mol. The first-order chi connectivity index (χ1) is 10.1. The first-order valence-electron chi connectivity index (χ1n) is 6.11. The molecule has 0 saturated carbocycles. The Hall–Kier alpha value is -1.98. The highest BCUT2D eigenvalue weighted by molar-refractivity contribution is 9.10. The van der Waals surface area contributed by atoms with Crippen molar-refractivity contribution >= 4 is 50.0 Å². The van der Waals surface area contributed by atoms with Gasteiger partial charge >= 0.3 is 0 Å². The fraction of sp³-hybridized carbons (Fsp3) is 0. The van der Waals surface area contributed by atoms with Crippen LogP contribution >= 0.6 is 27.5 Å². The third kappa shape index (κ3) is 2.89. The van der Waals surface area contributed by atoms with Crippen molar-refractivity contribution in [2.45, 2.75) is 0 Å². The van der Waals surface area contributed by atoms with Crippen LogP contribution in [0, 0.1) is 0 Å². The molecule has 0 spiro atoms. The molecule has 4 nitrogen and oxygen atoms in total. The number of hydrogen-bond donors (Lipinski definition) is 1. The van der Waals surface area contributed by atoms with Crippen molar-refractivity contribution in [3.8, 4) is 0 Å². The van der Waals surface area contributed by atoms with E-state index in [0.29, 0.717) is 20.9 Å². The van der Waals surface area contributed by atoms with E-state index in [9.17, 15) is 4.79 Å². The van der Waals surface area contributed by atoms with Gasteiger partial charge in [0, 0.05) is 11.6 Å². The molecule has 6 heteroatoms. The molecule has 0 bridgehead atoms. The van der Waals surface area contributed by atoms with E-state index in [0.717, 1.165) is 10.9 Å². The zero-order valence-electron chi connectivity index (χ0n) is 10.7. The maximum absolute atomic E-state index is 12.4. The normalized spacial score (nSPS) is 10.6. The summed E-state index contributed by atoms with van der Waals surface area (Å²) in [7, 11) is 0. The van der Waals surface area contributed by atoms with Crippen molar-refractivity contribution in [1.29, 1.82) is 0 Å². The van der Waals surface area contributed by atoms with E-state index in [-0.39, 0.29) is 5.91 Å². The number of nitrogens with zero attached hydrogens (tertiary/aromatic N) is 2. The van der Waals surface area contributed by atoms with Gasteiger partial charge in [0.05, 0.1) is 27.4 Å². The van der Waals surface area contributed by atoms with E-state index in [4.69, 9.17) is 11.6 Å². The zero-order valence-corrected chi connectivity index (χ0v) is 13.0. The van der Waals surface area contributed by atoms with Gasteiger partial charge in [-0.1, -0.05) is 29.8 Å². The Kier molecular flexibility index (Phi) is 3.86. The van der Waals surface area contributed by atoms with E-state index in [1.54, 1.807) is 18.3 Å². The molecule has 0 atom stereocenters. The summed E-state index contributed by atoms with van der Waals surface area (Å²) in [4.78, 5) is 20.6. The molecule has 2 aromatic heterocycles. The van der Waals surface area contributed by atoms with Gasteiger partial charge in [0.1, 0.15) is 5.15 Å². The molecule has 104 valence electrons. The molecule has 21 heavy (non-hydrogen) atoms. The van der Waals surface area contributed by atoms with Crippen LogP contribution in [0.1, 0.15) is 10.4 Å². The number of hydrogen-bond acceptors (Lipinski definition) is 3. The molecule has 0 aliphatic carbocycles. The summed E-state index contributed by atoms with van der Waals surface area (Å²) in [5.74, 6) is -0.218. The minimum atomic E-state index is -0.218. The monoisotopic (exact) mass is 361 g/mol. The number of amides is 1. The number of nitrogens with one attached hydrogen (secondary N) is 1. The van der Waals surface area contributed by atoms with E-state index in [1.165, 1.54) is 6.20 Å². The van der Waals surface area contributed by atoms with Gasteiger partial charge in [0.25, 0.3) is 5.91 Å². The van der Waals surface area contributed by atoms with Crippen molar-refractivity contribution in [1.82, 2.24) is 9.97 Å². The van der Waals surface area contributed by atoms with Crippen LogP contribution in [-0.2, 0) is 0 Å². The number of rotatable bonds is 2. The standard InChI is InChI=1S/C15H9BrClN3O/c16-12-7-9(8-19-14(12)17)20-15(21)11-5-6-18-13-4-2-1-3-10(11)13/h1-8H,(H,20,21). The van der Waals surface area contributed by atoms with Crippen molar-refractivity contribution in [3.63, 3.8) is 0 Å². The summed E-state index contributed by atoms with van der Waals surface area (Å²) in [5.41, 5.74) is 1.91. The highest BCUT2D eigenvalue weighted by Gasteiger charge is 2.11. The molecule has 2 heterocycles. The number of anilines is 1. The Morgan fingerprint density at radius 1 is 1.19 bits per heavy atom. The Morgan fingerprint density at radius 3 is 2.81 bits per heavy atom. The highest BCUT2D eigenvalue weighted by atomic mass is 79.9. The van der Waals surface area contributed by atoms with Gasteiger partial charge in [-0.05, 0) is 34.1 Å². The molecule has 0 aliphatic heterocycles. The maximum atomic E-state index is 12.4. The van der Waals surface area contributed by atoms with Crippen LogP contribution < -0.4 is 5.32 Å². The average molecular weight is 363 g/mol. The lowest BCUT2D eigenvalue weighted by Crippen LogP contribution is -2.12. The van der Waals surface area contributed by atoms with Crippen LogP contribution in [0.2, 0.25) is 5.15 Å². The number of benzene rings is 1. The van der Waals surface area contributed by atoms with Crippen molar-refractivity contribution in [2.75, 3.05) is 5.32 Å². The van der Waals surface area contributed by atoms with Crippen molar-refractivity contribution in [3.05, 3.63) is 64.0 Å². The number of aromatic nitrogens is 2. The fourth-order valence-electron chi connectivity index (χ4n) is 1.98. The van der Waals surface area contributed by atoms with Gasteiger partial charge in [-0.2, -0.15) is 0 Å². The number of pyridine rings is 2. The fourth-order valence-corrected chi connectivity index (χ4v) is 2.43. The van der Waals surface area contributed by atoms with Gasteiger partial charge in [-0.3, -0.25) is 9.78 Å². The first-order valence-corrected chi connectivity index (χ1v) is 7.28. The Balaban J connectivity index is 1.95. The summed E-state index contributed by atoms with van der Waals surface area (Å²) in [5, 5.41) is 3.95. The van der Waals surface area contributed by atoms with Crippen LogP contribution in [0.4, 0.5) is 5.69 Å². The average Bonchev–Trinajstić information content (AvgIpc) is 2.50. The molecule has 1 amide bonds. The van der Waals surface area contributed by atoms with Crippen LogP contribution in [0.25, 0.3) is 10.9 Å². The minimum absolute atomic E-state index is 0.218. The quantitative estimate of drug-likeness (QED) is 0.692. The van der Waals surface area contributed by atoms with Crippen molar-refractivity contribution < 1.29 is 4.79 Å². The molecule has 1 aromatic carbocycles. The van der Waals surface area contributed by atoms with E-state index in [1.807, 2.05) is 24.3 Å². The molecular formula is C15H9BrClN3O. The molecule has 0 radical (unpaired) electrons. The summed E-state index contributed by atoms with van der Waals surface area (Å²) in [6.07, 6.45) is 3.13. The molecule has 3 aromatic rings. The molecule has 1 N–H and O–H groups in total. The van der Waals surface area contributed by atoms with Crippen LogP contribution in [0.5, 0.6) is 0 Å². The van der Waals surface area contributed by atoms with Crippen molar-refractivity contribution in [2.24, 2.45) is 0 Å². The van der Waals surface area contributed by atoms with Crippen LogP contribution in [0.15, 0.2) is 53.3 Å². The maximum Gasteiger partial charge on any atom is 0.256 e. The SMILES string of the molecule is O=C(Nc1cnc(Cl)c(Br)c1)c1ccnc2ccccc12. The number of carbonyl (C=O) groups is 1. The number of carbonyl (C=O) groups excluding carboxylic acids is 1. The van der Waals surface area contributed by atoms with Gasteiger partial charge in [-0.15, -0.1) is 0 Å². The van der Waals surface area contributed by atoms with Crippen LogP contribution in [-0.4, -0.2) is 15.9 Å². The topological polar surface area (TPSA) is 54.9 Å². The molecule has 0 aliphatic rings. The number of fused-ring (bicyclic) bond motifs is 1. The van der Waals surface area contributed by atoms with E-state index >= 15 is 0 Å². The van der Waals surface area contributed by atoms with Gasteiger partial charge in [0.15, 0.2) is 0 Å². The largest absolute Gasteiger partial charge is 0.321 e. The summed E-state index contributed by atoms with van der Waals surface area (Å²) >= 11 is 9.11. The third-order valence-corrected chi connectivity index (χ3v) is 4.08. The number of halogens is 2. The van der Waals surface area contributed by atoms with E-state index < -0.39 is 0 Å². The second kappa shape index (κ2) is 5.79. The zero-order chi connectivity index (χ0) is 14.8. The van der Waals surface area contributed by atoms with E-state index in [2.05, 4.69) is 31.2 Å². The number of para-hydroxylation sites is 1. The lowest BCUT2D eigenvalue weighted by Gasteiger charge is -2.08. The second-order valence-corrected chi connectivity index (χ2v) is 5.54. The smallest absolute Gasteiger partial charge is 0.256 e. The third-order valence-electron chi connectivity index (χ3n) is 2.95. The first kappa shape index (κ1) is 14.0. The lowest BCUT2D eigenvalue weighted by atomic mass is 10.1. The van der Waals surface area contributed by atoms with Gasteiger partial charge < -0.3 is 5.32 Å². The predicted octanol–water partition coefficient (Wildman–Crippen LogP) is 4.30. The second-order valence-electron chi connectivity index (χ2n) is 4.33. The van der Waals surface area contributed by atoms with Crippen LogP contribution in [0.3, 0.4) is 0 Å². The lowest BCUT2D eigenvalue weighted by molar-refractivity contribution is 0.102. The Bertz CT molecular complexity index is 833. The molecule has 3 rings (SSSR count). The molecule has 0 saturated heterocycles. The van der Waals surface area contributed by atoms with Gasteiger partial charge in [-0.25, -0.2) is 4.98 Å². The highest BCUT2D eigenvalue weighted by Crippen LogP contribution is 2.24. The van der Waals surface area contributed by atoms with Gasteiger partial charge in [0.2, 0.25) is 0 Å². The Morgan fingerprint density at radius 2 is 2.00 bits per heavy atom.